The van der Waals surface area contributed by atoms with Gasteiger partial charge in [-0.05, 0) is 62.2 Å². The van der Waals surface area contributed by atoms with Crippen LogP contribution in [0.15, 0.2) is 77.7 Å². The van der Waals surface area contributed by atoms with Crippen LogP contribution in [0.5, 0.6) is 0 Å². The van der Waals surface area contributed by atoms with Gasteiger partial charge in [-0.15, -0.1) is 0 Å². The summed E-state index contributed by atoms with van der Waals surface area (Å²) in [5, 5.41) is 5.54. The van der Waals surface area contributed by atoms with E-state index >= 15 is 0 Å². The number of sulfonamides is 1. The first kappa shape index (κ1) is 22.7. The number of carbonyl (C=O) groups excluding carboxylic acids is 2. The summed E-state index contributed by atoms with van der Waals surface area (Å²) in [6, 6.07) is 20.1. The van der Waals surface area contributed by atoms with Crippen LogP contribution in [0.2, 0.25) is 0 Å². The molecule has 1 fully saturated rings. The second kappa shape index (κ2) is 9.56. The molecule has 1 saturated heterocycles. The highest BCUT2D eigenvalue weighted by molar-refractivity contribution is 7.89. The second-order valence-corrected chi connectivity index (χ2v) is 9.90. The van der Waals surface area contributed by atoms with Crippen molar-refractivity contribution >= 4 is 33.2 Å². The van der Waals surface area contributed by atoms with Crippen molar-refractivity contribution in [2.75, 3.05) is 23.7 Å². The molecule has 1 aliphatic heterocycles. The number of anilines is 2. The number of nitrogens with one attached hydrogen (secondary N) is 2. The summed E-state index contributed by atoms with van der Waals surface area (Å²) in [5.74, 6) is -0.775. The van der Waals surface area contributed by atoms with E-state index in [1.807, 2.05) is 13.0 Å². The standard InChI is InChI=1S/C25H25N3O4S/c1-18-8-6-9-19(16-18)24(29)27-23-13-3-2-12-22(23)25(30)26-20-10-7-11-21(17-20)33(31,32)28-14-4-5-15-28/h2-3,6-13,16-17H,4-5,14-15H2,1H3,(H,26,30)(H,27,29). The lowest BCUT2D eigenvalue weighted by molar-refractivity contribution is 0.102. The minimum atomic E-state index is -3.59. The van der Waals surface area contributed by atoms with Gasteiger partial charge in [0.15, 0.2) is 0 Å². The number of para-hydroxylation sites is 1. The molecule has 8 heteroatoms. The fourth-order valence-corrected chi connectivity index (χ4v) is 5.34. The van der Waals surface area contributed by atoms with Crippen LogP contribution in [0.3, 0.4) is 0 Å². The molecule has 1 aliphatic rings. The van der Waals surface area contributed by atoms with E-state index in [1.165, 1.54) is 16.4 Å². The Hall–Kier alpha value is -3.49. The molecule has 0 atom stereocenters. The SMILES string of the molecule is Cc1cccc(C(=O)Nc2ccccc2C(=O)Nc2cccc(S(=O)(=O)N3CCCC3)c2)c1. The minimum Gasteiger partial charge on any atom is -0.322 e. The van der Waals surface area contributed by atoms with Crippen LogP contribution < -0.4 is 10.6 Å². The summed E-state index contributed by atoms with van der Waals surface area (Å²) >= 11 is 0. The van der Waals surface area contributed by atoms with E-state index in [2.05, 4.69) is 10.6 Å². The molecular formula is C25H25N3O4S. The van der Waals surface area contributed by atoms with Crippen LogP contribution in [-0.4, -0.2) is 37.6 Å². The molecule has 0 radical (unpaired) electrons. The average Bonchev–Trinajstić information content (AvgIpc) is 3.35. The normalized spacial score (nSPS) is 14.1. The number of nitrogens with zero attached hydrogens (tertiary/aromatic N) is 1. The molecule has 0 bridgehead atoms. The Labute approximate surface area is 193 Å². The molecule has 2 amide bonds. The van der Waals surface area contributed by atoms with Crippen LogP contribution in [0, 0.1) is 6.92 Å². The summed E-state index contributed by atoms with van der Waals surface area (Å²) in [5.41, 5.74) is 2.44. The Bertz CT molecular complexity index is 1300. The maximum absolute atomic E-state index is 13.0. The number of amides is 2. The molecule has 3 aromatic carbocycles. The van der Waals surface area contributed by atoms with Gasteiger partial charge in [-0.3, -0.25) is 9.59 Å². The van der Waals surface area contributed by atoms with Gasteiger partial charge in [-0.25, -0.2) is 8.42 Å². The van der Waals surface area contributed by atoms with E-state index in [9.17, 15) is 18.0 Å². The van der Waals surface area contributed by atoms with Crippen LogP contribution >= 0.6 is 0 Å². The molecule has 0 aromatic heterocycles. The Balaban J connectivity index is 1.53. The Morgan fingerprint density at radius 1 is 0.818 bits per heavy atom. The van der Waals surface area contributed by atoms with Crippen LogP contribution in [0.25, 0.3) is 0 Å². The molecule has 0 unspecified atom stereocenters. The lowest BCUT2D eigenvalue weighted by Gasteiger charge is -2.16. The predicted molar refractivity (Wildman–Crippen MR) is 128 cm³/mol. The zero-order valence-electron chi connectivity index (χ0n) is 18.2. The minimum absolute atomic E-state index is 0.142. The third-order valence-electron chi connectivity index (χ3n) is 5.49. The Morgan fingerprint density at radius 2 is 1.55 bits per heavy atom. The topological polar surface area (TPSA) is 95.6 Å². The summed E-state index contributed by atoms with van der Waals surface area (Å²) in [7, 11) is -3.59. The zero-order chi connectivity index (χ0) is 23.4. The number of hydrogen-bond donors (Lipinski definition) is 2. The van der Waals surface area contributed by atoms with Crippen molar-refractivity contribution in [1.29, 1.82) is 0 Å². The monoisotopic (exact) mass is 463 g/mol. The van der Waals surface area contributed by atoms with Crippen LogP contribution in [-0.2, 0) is 10.0 Å². The largest absolute Gasteiger partial charge is 0.322 e. The summed E-state index contributed by atoms with van der Waals surface area (Å²) in [6.45, 7) is 2.91. The fraction of sp³-hybridized carbons (Fsp3) is 0.200. The van der Waals surface area contributed by atoms with Gasteiger partial charge >= 0.3 is 0 Å². The molecule has 0 spiro atoms. The van der Waals surface area contributed by atoms with Gasteiger partial charge in [0.1, 0.15) is 0 Å². The molecule has 2 N–H and O–H groups in total. The molecule has 7 nitrogen and oxygen atoms in total. The van der Waals surface area contributed by atoms with E-state index in [1.54, 1.807) is 54.6 Å². The molecule has 3 aromatic rings. The first-order valence-corrected chi connectivity index (χ1v) is 12.2. The zero-order valence-corrected chi connectivity index (χ0v) is 19.1. The lowest BCUT2D eigenvalue weighted by atomic mass is 10.1. The maximum Gasteiger partial charge on any atom is 0.257 e. The van der Waals surface area contributed by atoms with Gasteiger partial charge < -0.3 is 10.6 Å². The van der Waals surface area contributed by atoms with E-state index < -0.39 is 15.9 Å². The van der Waals surface area contributed by atoms with E-state index in [0.717, 1.165) is 18.4 Å². The Kier molecular flexibility index (Phi) is 6.57. The molecule has 1 heterocycles. The highest BCUT2D eigenvalue weighted by atomic mass is 32.2. The fourth-order valence-electron chi connectivity index (χ4n) is 3.78. The third kappa shape index (κ3) is 5.13. The van der Waals surface area contributed by atoms with Crippen molar-refractivity contribution in [3.63, 3.8) is 0 Å². The first-order valence-electron chi connectivity index (χ1n) is 10.7. The number of carbonyl (C=O) groups is 2. The number of rotatable bonds is 6. The van der Waals surface area contributed by atoms with E-state index in [4.69, 9.17) is 0 Å². The van der Waals surface area contributed by atoms with Crippen molar-refractivity contribution in [3.05, 3.63) is 89.5 Å². The van der Waals surface area contributed by atoms with Crippen molar-refractivity contribution < 1.29 is 18.0 Å². The number of hydrogen-bond acceptors (Lipinski definition) is 4. The smallest absolute Gasteiger partial charge is 0.257 e. The highest BCUT2D eigenvalue weighted by Gasteiger charge is 2.27. The van der Waals surface area contributed by atoms with E-state index in [-0.39, 0.29) is 16.4 Å². The Morgan fingerprint density at radius 3 is 2.30 bits per heavy atom. The first-order chi connectivity index (χ1) is 15.8. The predicted octanol–water partition coefficient (Wildman–Crippen LogP) is 4.28. The van der Waals surface area contributed by atoms with Crippen molar-refractivity contribution in [2.24, 2.45) is 0 Å². The summed E-state index contributed by atoms with van der Waals surface area (Å²) in [4.78, 5) is 25.8. The van der Waals surface area contributed by atoms with Crippen molar-refractivity contribution in [1.82, 2.24) is 4.31 Å². The number of aryl methyl sites for hydroxylation is 1. The van der Waals surface area contributed by atoms with Gasteiger partial charge in [0.05, 0.1) is 16.1 Å². The number of benzene rings is 3. The lowest BCUT2D eigenvalue weighted by Crippen LogP contribution is -2.28. The van der Waals surface area contributed by atoms with Crippen molar-refractivity contribution in [3.8, 4) is 0 Å². The van der Waals surface area contributed by atoms with Gasteiger partial charge in [-0.2, -0.15) is 4.31 Å². The van der Waals surface area contributed by atoms with Gasteiger partial charge in [-0.1, -0.05) is 35.9 Å². The molecule has 170 valence electrons. The van der Waals surface area contributed by atoms with Crippen molar-refractivity contribution in [2.45, 2.75) is 24.7 Å². The van der Waals surface area contributed by atoms with Gasteiger partial charge in [0.25, 0.3) is 11.8 Å². The molecular weight excluding hydrogens is 438 g/mol. The van der Waals surface area contributed by atoms with Crippen LogP contribution in [0.4, 0.5) is 11.4 Å². The molecule has 0 aliphatic carbocycles. The van der Waals surface area contributed by atoms with Gasteiger partial charge in [0.2, 0.25) is 10.0 Å². The van der Waals surface area contributed by atoms with Crippen LogP contribution in [0.1, 0.15) is 39.1 Å². The summed E-state index contributed by atoms with van der Waals surface area (Å²) < 4.78 is 27.1. The quantitative estimate of drug-likeness (QED) is 0.570. The van der Waals surface area contributed by atoms with Gasteiger partial charge in [0, 0.05) is 24.3 Å². The summed E-state index contributed by atoms with van der Waals surface area (Å²) in [6.07, 6.45) is 1.70. The third-order valence-corrected chi connectivity index (χ3v) is 7.39. The molecule has 33 heavy (non-hydrogen) atoms. The molecule has 4 rings (SSSR count). The molecule has 0 saturated carbocycles. The maximum atomic E-state index is 13.0. The second-order valence-electron chi connectivity index (χ2n) is 7.96. The van der Waals surface area contributed by atoms with E-state index in [0.29, 0.717) is 30.0 Å². The average molecular weight is 464 g/mol. The highest BCUT2D eigenvalue weighted by Crippen LogP contribution is 2.24.